The lowest BCUT2D eigenvalue weighted by Gasteiger charge is -2.29. The van der Waals surface area contributed by atoms with E-state index in [0.29, 0.717) is 19.0 Å². The zero-order chi connectivity index (χ0) is 17.2. The van der Waals surface area contributed by atoms with Crippen LogP contribution < -0.4 is 0 Å². The van der Waals surface area contributed by atoms with E-state index >= 15 is 0 Å². The van der Waals surface area contributed by atoms with E-state index < -0.39 is 0 Å². The molecule has 0 saturated carbocycles. The highest BCUT2D eigenvalue weighted by atomic mass is 32.2. The van der Waals surface area contributed by atoms with Crippen LogP contribution in [0, 0.1) is 0 Å². The Balaban J connectivity index is 3.88. The predicted molar refractivity (Wildman–Crippen MR) is 92.4 cm³/mol. The molecule has 0 bridgehead atoms. The van der Waals surface area contributed by atoms with Gasteiger partial charge in [-0.2, -0.15) is 11.8 Å². The van der Waals surface area contributed by atoms with E-state index in [0.717, 1.165) is 18.6 Å². The molecule has 0 aromatic carbocycles. The van der Waals surface area contributed by atoms with Gasteiger partial charge < -0.3 is 19.5 Å². The van der Waals surface area contributed by atoms with Crippen molar-refractivity contribution in [2.24, 2.45) is 0 Å². The summed E-state index contributed by atoms with van der Waals surface area (Å²) >= 11 is 1.64. The number of hydrogen-bond acceptors (Lipinski definition) is 5. The predicted octanol–water partition coefficient (Wildman–Crippen LogP) is 2.17. The minimum Gasteiger partial charge on any atom is -0.394 e. The SMILES string of the molecule is CN(C)C(=O)CSCCC(C)(C)OCCC(C)(C)OCCO. The number of aliphatic hydroxyl groups is 1. The Morgan fingerprint density at radius 3 is 2.14 bits per heavy atom. The van der Waals surface area contributed by atoms with Crippen molar-refractivity contribution in [2.75, 3.05) is 45.4 Å². The van der Waals surface area contributed by atoms with E-state index in [2.05, 4.69) is 13.8 Å². The number of rotatable bonds is 12. The number of thioether (sulfide) groups is 1. The first kappa shape index (κ1) is 21.7. The molecule has 0 spiro atoms. The highest BCUT2D eigenvalue weighted by molar-refractivity contribution is 7.99. The van der Waals surface area contributed by atoms with Gasteiger partial charge in [0.25, 0.3) is 0 Å². The van der Waals surface area contributed by atoms with Gasteiger partial charge >= 0.3 is 0 Å². The summed E-state index contributed by atoms with van der Waals surface area (Å²) in [4.78, 5) is 13.1. The Hall–Kier alpha value is -0.300. The minimum atomic E-state index is -0.286. The number of aliphatic hydroxyl groups excluding tert-OH is 1. The van der Waals surface area contributed by atoms with Crippen LogP contribution in [0.5, 0.6) is 0 Å². The molecular weight excluding hydrogens is 302 g/mol. The average Bonchev–Trinajstić information content (AvgIpc) is 2.40. The van der Waals surface area contributed by atoms with Crippen molar-refractivity contribution in [3.63, 3.8) is 0 Å². The molecule has 22 heavy (non-hydrogen) atoms. The molecule has 0 heterocycles. The highest BCUT2D eigenvalue weighted by Crippen LogP contribution is 2.21. The van der Waals surface area contributed by atoms with Crippen LogP contribution in [0.1, 0.15) is 40.5 Å². The summed E-state index contributed by atoms with van der Waals surface area (Å²) in [7, 11) is 3.55. The first-order valence-electron chi connectivity index (χ1n) is 7.76. The molecular formula is C16H33NO4S. The summed E-state index contributed by atoms with van der Waals surface area (Å²) < 4.78 is 11.5. The maximum atomic E-state index is 11.5. The lowest BCUT2D eigenvalue weighted by Crippen LogP contribution is -2.32. The van der Waals surface area contributed by atoms with Gasteiger partial charge in [0.2, 0.25) is 5.91 Å². The largest absolute Gasteiger partial charge is 0.394 e. The number of carbonyl (C=O) groups excluding carboxylic acids is 1. The highest BCUT2D eigenvalue weighted by Gasteiger charge is 2.22. The molecule has 0 aliphatic rings. The van der Waals surface area contributed by atoms with Gasteiger partial charge in [-0.05, 0) is 46.3 Å². The molecule has 0 aliphatic carbocycles. The van der Waals surface area contributed by atoms with E-state index in [-0.39, 0.29) is 23.7 Å². The van der Waals surface area contributed by atoms with Crippen LogP contribution >= 0.6 is 11.8 Å². The minimum absolute atomic E-state index is 0.0403. The van der Waals surface area contributed by atoms with Crippen molar-refractivity contribution >= 4 is 17.7 Å². The Morgan fingerprint density at radius 2 is 1.59 bits per heavy atom. The Bertz CT molecular complexity index is 319. The molecule has 1 N–H and O–H groups in total. The normalized spacial score (nSPS) is 12.5. The molecule has 0 saturated heterocycles. The summed E-state index contributed by atoms with van der Waals surface area (Å²) in [6, 6.07) is 0. The summed E-state index contributed by atoms with van der Waals surface area (Å²) in [6.07, 6.45) is 1.68. The van der Waals surface area contributed by atoms with E-state index in [1.165, 1.54) is 0 Å². The van der Waals surface area contributed by atoms with Crippen molar-refractivity contribution in [1.29, 1.82) is 0 Å². The number of hydrogen-bond donors (Lipinski definition) is 1. The Labute approximate surface area is 139 Å². The summed E-state index contributed by atoms with van der Waals surface area (Å²) in [6.45, 7) is 9.16. The number of carbonyl (C=O) groups is 1. The van der Waals surface area contributed by atoms with Crippen molar-refractivity contribution in [3.8, 4) is 0 Å². The fourth-order valence-corrected chi connectivity index (χ4v) is 2.86. The molecule has 0 radical (unpaired) electrons. The molecule has 0 aromatic rings. The van der Waals surface area contributed by atoms with Crippen LogP contribution in [-0.2, 0) is 14.3 Å². The van der Waals surface area contributed by atoms with Crippen molar-refractivity contribution in [3.05, 3.63) is 0 Å². The van der Waals surface area contributed by atoms with Gasteiger partial charge in [0.15, 0.2) is 0 Å². The van der Waals surface area contributed by atoms with Crippen LogP contribution in [0.25, 0.3) is 0 Å². The molecule has 0 atom stereocenters. The third kappa shape index (κ3) is 11.3. The van der Waals surface area contributed by atoms with Gasteiger partial charge in [-0.3, -0.25) is 4.79 Å². The van der Waals surface area contributed by atoms with E-state index in [4.69, 9.17) is 14.6 Å². The van der Waals surface area contributed by atoms with Crippen LogP contribution in [0.4, 0.5) is 0 Å². The third-order valence-corrected chi connectivity index (χ3v) is 4.30. The summed E-state index contributed by atoms with van der Waals surface area (Å²) in [5.74, 6) is 1.56. The maximum Gasteiger partial charge on any atom is 0.232 e. The summed E-state index contributed by atoms with van der Waals surface area (Å²) in [5, 5.41) is 8.79. The van der Waals surface area contributed by atoms with Crippen molar-refractivity contribution < 1.29 is 19.4 Å². The van der Waals surface area contributed by atoms with E-state index in [1.807, 2.05) is 13.8 Å². The molecule has 1 amide bonds. The third-order valence-electron chi connectivity index (χ3n) is 3.35. The zero-order valence-corrected chi connectivity index (χ0v) is 15.8. The van der Waals surface area contributed by atoms with Gasteiger partial charge in [0.05, 0.1) is 36.8 Å². The van der Waals surface area contributed by atoms with Gasteiger partial charge in [-0.25, -0.2) is 0 Å². The molecule has 0 rings (SSSR count). The molecule has 132 valence electrons. The van der Waals surface area contributed by atoms with Gasteiger partial charge in [0, 0.05) is 14.1 Å². The average molecular weight is 336 g/mol. The Kier molecular flexibility index (Phi) is 10.3. The molecule has 0 unspecified atom stereocenters. The first-order valence-corrected chi connectivity index (χ1v) is 8.92. The van der Waals surface area contributed by atoms with Gasteiger partial charge in [0.1, 0.15) is 0 Å². The lowest BCUT2D eigenvalue weighted by molar-refractivity contribution is -0.125. The molecule has 5 nitrogen and oxygen atoms in total. The van der Waals surface area contributed by atoms with Crippen molar-refractivity contribution in [2.45, 2.75) is 51.7 Å². The zero-order valence-electron chi connectivity index (χ0n) is 15.0. The lowest BCUT2D eigenvalue weighted by atomic mass is 10.0. The van der Waals surface area contributed by atoms with Crippen molar-refractivity contribution in [1.82, 2.24) is 4.90 Å². The second-order valence-electron chi connectivity index (χ2n) is 6.78. The van der Waals surface area contributed by atoms with Crippen LogP contribution in [-0.4, -0.2) is 72.5 Å². The van der Waals surface area contributed by atoms with E-state index in [1.54, 1.807) is 30.8 Å². The van der Waals surface area contributed by atoms with Gasteiger partial charge in [-0.1, -0.05) is 0 Å². The van der Waals surface area contributed by atoms with Crippen LogP contribution in [0.15, 0.2) is 0 Å². The fourth-order valence-electron chi connectivity index (χ4n) is 1.65. The Morgan fingerprint density at radius 1 is 1.05 bits per heavy atom. The first-order chi connectivity index (χ1) is 10.1. The van der Waals surface area contributed by atoms with Crippen LogP contribution in [0.3, 0.4) is 0 Å². The van der Waals surface area contributed by atoms with Crippen LogP contribution in [0.2, 0.25) is 0 Å². The second-order valence-corrected chi connectivity index (χ2v) is 7.89. The molecule has 0 fully saturated rings. The number of amides is 1. The molecule has 0 aliphatic heterocycles. The standard InChI is InChI=1S/C16H33NO4S/c1-15(2,21-11-9-18)7-10-20-16(3,4)8-12-22-13-14(19)17(5)6/h18H,7-13H2,1-6H3. The second kappa shape index (κ2) is 10.5. The smallest absolute Gasteiger partial charge is 0.232 e. The number of nitrogens with zero attached hydrogens (tertiary/aromatic N) is 1. The summed E-state index contributed by atoms with van der Waals surface area (Å²) in [5.41, 5.74) is -0.493. The maximum absolute atomic E-state index is 11.5. The van der Waals surface area contributed by atoms with Gasteiger partial charge in [-0.15, -0.1) is 0 Å². The van der Waals surface area contributed by atoms with E-state index in [9.17, 15) is 4.79 Å². The molecule has 6 heteroatoms. The number of ether oxygens (including phenoxy) is 2. The molecule has 0 aromatic heterocycles. The fraction of sp³-hybridized carbons (Fsp3) is 0.938. The quantitative estimate of drug-likeness (QED) is 0.554. The monoisotopic (exact) mass is 335 g/mol. The topological polar surface area (TPSA) is 59.0 Å².